The molecule has 2 aliphatic rings. The molecule has 1 aromatic carbocycles. The van der Waals surface area contributed by atoms with Crippen LogP contribution < -0.4 is 5.32 Å². The molecule has 2 saturated heterocycles. The molecule has 27 heavy (non-hydrogen) atoms. The Hall–Kier alpha value is -3.29. The molecule has 1 N–H and O–H groups in total. The number of piperidine rings is 1. The van der Waals surface area contributed by atoms with Crippen molar-refractivity contribution in [3.05, 3.63) is 60.2 Å². The number of aromatic nitrogens is 2. The van der Waals surface area contributed by atoms with Gasteiger partial charge in [0.2, 0.25) is 0 Å². The van der Waals surface area contributed by atoms with E-state index in [-0.39, 0.29) is 17.8 Å². The maximum atomic E-state index is 12.6. The Morgan fingerprint density at radius 3 is 2.41 bits per heavy atom. The Bertz CT molecular complexity index is 863. The molecule has 0 atom stereocenters. The SMILES string of the molecule is O=C(c1cncnc1)N1CCC2(CC1)C(=O)NC(=O)N2Cc1ccccc1. The predicted octanol–water partition coefficient (Wildman–Crippen LogP) is 1.20. The number of likely N-dealkylation sites (tertiary alicyclic amines) is 1. The molecule has 4 rings (SSSR count). The van der Waals surface area contributed by atoms with Crippen LogP contribution >= 0.6 is 0 Å². The van der Waals surface area contributed by atoms with E-state index in [1.165, 1.54) is 18.7 Å². The molecule has 2 aromatic rings. The second-order valence-corrected chi connectivity index (χ2v) is 6.78. The van der Waals surface area contributed by atoms with E-state index in [9.17, 15) is 14.4 Å². The summed E-state index contributed by atoms with van der Waals surface area (Å²) in [4.78, 5) is 48.6. The fourth-order valence-electron chi connectivity index (χ4n) is 3.76. The van der Waals surface area contributed by atoms with E-state index in [2.05, 4.69) is 15.3 Å². The molecule has 0 unspecified atom stereocenters. The summed E-state index contributed by atoms with van der Waals surface area (Å²) in [5.74, 6) is -0.441. The van der Waals surface area contributed by atoms with Crippen molar-refractivity contribution in [3.63, 3.8) is 0 Å². The van der Waals surface area contributed by atoms with Crippen LogP contribution in [0.15, 0.2) is 49.1 Å². The van der Waals surface area contributed by atoms with Crippen LogP contribution in [0.4, 0.5) is 4.79 Å². The van der Waals surface area contributed by atoms with Gasteiger partial charge in [-0.15, -0.1) is 0 Å². The summed E-state index contributed by atoms with van der Waals surface area (Å²) in [5.41, 5.74) is 0.472. The first-order chi connectivity index (χ1) is 13.1. The standard InChI is InChI=1S/C19H19N5O3/c25-16(15-10-20-13-21-11-15)23-8-6-19(7-9-23)17(26)22-18(27)24(19)12-14-4-2-1-3-5-14/h1-5,10-11,13H,6-9,12H2,(H,22,26,27). The van der Waals surface area contributed by atoms with Gasteiger partial charge in [0.1, 0.15) is 11.9 Å². The van der Waals surface area contributed by atoms with Gasteiger partial charge in [-0.3, -0.25) is 14.9 Å². The molecule has 1 spiro atoms. The van der Waals surface area contributed by atoms with Gasteiger partial charge in [0, 0.05) is 32.0 Å². The Morgan fingerprint density at radius 1 is 1.07 bits per heavy atom. The third-order valence-electron chi connectivity index (χ3n) is 5.27. The van der Waals surface area contributed by atoms with Crippen molar-refractivity contribution < 1.29 is 14.4 Å². The summed E-state index contributed by atoms with van der Waals surface area (Å²) in [6, 6.07) is 9.20. The number of nitrogens with zero attached hydrogens (tertiary/aromatic N) is 4. The zero-order chi connectivity index (χ0) is 18.9. The number of carbonyl (C=O) groups excluding carboxylic acids is 3. The lowest BCUT2D eigenvalue weighted by molar-refractivity contribution is -0.129. The summed E-state index contributed by atoms with van der Waals surface area (Å²) in [6.45, 7) is 1.14. The van der Waals surface area contributed by atoms with Gasteiger partial charge in [0.15, 0.2) is 0 Å². The van der Waals surface area contributed by atoms with Gasteiger partial charge in [0.25, 0.3) is 11.8 Å². The van der Waals surface area contributed by atoms with Gasteiger partial charge < -0.3 is 9.80 Å². The highest BCUT2D eigenvalue weighted by atomic mass is 16.2. The topological polar surface area (TPSA) is 95.5 Å². The van der Waals surface area contributed by atoms with E-state index in [0.29, 0.717) is 38.0 Å². The van der Waals surface area contributed by atoms with Crippen LogP contribution in [0.25, 0.3) is 0 Å². The van der Waals surface area contributed by atoms with Crippen LogP contribution in [-0.4, -0.2) is 56.2 Å². The fourth-order valence-corrected chi connectivity index (χ4v) is 3.76. The molecule has 0 bridgehead atoms. The highest BCUT2D eigenvalue weighted by molar-refractivity contribution is 6.07. The number of nitrogens with one attached hydrogen (secondary N) is 1. The maximum Gasteiger partial charge on any atom is 0.325 e. The Balaban J connectivity index is 1.51. The minimum atomic E-state index is -0.906. The van der Waals surface area contributed by atoms with Crippen molar-refractivity contribution in [3.8, 4) is 0 Å². The van der Waals surface area contributed by atoms with Crippen molar-refractivity contribution in [1.82, 2.24) is 25.1 Å². The van der Waals surface area contributed by atoms with E-state index in [1.54, 1.807) is 9.80 Å². The smallest absolute Gasteiger partial charge is 0.325 e. The molecular formula is C19H19N5O3. The number of urea groups is 1. The third-order valence-corrected chi connectivity index (χ3v) is 5.27. The lowest BCUT2D eigenvalue weighted by Gasteiger charge is -2.42. The van der Waals surface area contributed by atoms with Gasteiger partial charge in [-0.05, 0) is 18.4 Å². The van der Waals surface area contributed by atoms with Gasteiger partial charge in [-0.2, -0.15) is 0 Å². The molecule has 8 nitrogen and oxygen atoms in total. The maximum absolute atomic E-state index is 12.6. The summed E-state index contributed by atoms with van der Waals surface area (Å²) in [5, 5.41) is 2.45. The molecule has 138 valence electrons. The average Bonchev–Trinajstić information content (AvgIpc) is 2.93. The molecule has 3 heterocycles. The van der Waals surface area contributed by atoms with Crippen LogP contribution in [0.5, 0.6) is 0 Å². The lowest BCUT2D eigenvalue weighted by Crippen LogP contribution is -2.57. The number of carbonyl (C=O) groups is 3. The molecule has 8 heteroatoms. The van der Waals surface area contributed by atoms with Gasteiger partial charge >= 0.3 is 6.03 Å². The molecule has 2 fully saturated rings. The van der Waals surface area contributed by atoms with Crippen LogP contribution in [0.2, 0.25) is 0 Å². The van der Waals surface area contributed by atoms with Crippen molar-refractivity contribution in [2.45, 2.75) is 24.9 Å². The Morgan fingerprint density at radius 2 is 1.74 bits per heavy atom. The van der Waals surface area contributed by atoms with Crippen LogP contribution in [0.1, 0.15) is 28.8 Å². The third kappa shape index (κ3) is 3.03. The molecule has 0 aliphatic carbocycles. The van der Waals surface area contributed by atoms with E-state index in [4.69, 9.17) is 0 Å². The van der Waals surface area contributed by atoms with E-state index >= 15 is 0 Å². The number of hydrogen-bond acceptors (Lipinski definition) is 5. The van der Waals surface area contributed by atoms with E-state index < -0.39 is 5.54 Å². The van der Waals surface area contributed by atoms with Gasteiger partial charge in [0.05, 0.1) is 5.56 Å². The average molecular weight is 365 g/mol. The number of benzene rings is 1. The first kappa shape index (κ1) is 17.1. The second-order valence-electron chi connectivity index (χ2n) is 6.78. The minimum absolute atomic E-state index is 0.162. The Kier molecular flexibility index (Phi) is 4.31. The van der Waals surface area contributed by atoms with Crippen molar-refractivity contribution in [2.75, 3.05) is 13.1 Å². The summed E-state index contributed by atoms with van der Waals surface area (Å²) >= 11 is 0. The zero-order valence-corrected chi connectivity index (χ0v) is 14.7. The number of hydrogen-bond donors (Lipinski definition) is 1. The Labute approximate surface area is 156 Å². The lowest BCUT2D eigenvalue weighted by atomic mass is 9.85. The first-order valence-electron chi connectivity index (χ1n) is 8.81. The van der Waals surface area contributed by atoms with Crippen molar-refractivity contribution in [1.29, 1.82) is 0 Å². The molecule has 0 saturated carbocycles. The zero-order valence-electron chi connectivity index (χ0n) is 14.7. The fraction of sp³-hybridized carbons (Fsp3) is 0.316. The van der Waals surface area contributed by atoms with Crippen molar-refractivity contribution in [2.24, 2.45) is 0 Å². The summed E-state index contributed by atoms with van der Waals surface area (Å²) < 4.78 is 0. The van der Waals surface area contributed by atoms with Crippen LogP contribution in [0, 0.1) is 0 Å². The van der Waals surface area contributed by atoms with Crippen LogP contribution in [0.3, 0.4) is 0 Å². The van der Waals surface area contributed by atoms with E-state index in [1.807, 2.05) is 30.3 Å². The molecular weight excluding hydrogens is 346 g/mol. The number of rotatable bonds is 3. The summed E-state index contributed by atoms with van der Waals surface area (Å²) in [6.07, 6.45) is 5.13. The number of imide groups is 1. The highest BCUT2D eigenvalue weighted by Gasteiger charge is 2.54. The molecule has 4 amide bonds. The van der Waals surface area contributed by atoms with Crippen LogP contribution in [-0.2, 0) is 11.3 Å². The first-order valence-corrected chi connectivity index (χ1v) is 8.81. The van der Waals surface area contributed by atoms with Gasteiger partial charge in [-0.25, -0.2) is 14.8 Å². The normalized spacial score (nSPS) is 18.7. The highest BCUT2D eigenvalue weighted by Crippen LogP contribution is 2.34. The van der Waals surface area contributed by atoms with Crippen molar-refractivity contribution >= 4 is 17.8 Å². The molecule has 1 aromatic heterocycles. The van der Waals surface area contributed by atoms with E-state index in [0.717, 1.165) is 5.56 Å². The minimum Gasteiger partial charge on any atom is -0.338 e. The largest absolute Gasteiger partial charge is 0.338 e. The molecule has 0 radical (unpaired) electrons. The quantitative estimate of drug-likeness (QED) is 0.825. The second kappa shape index (κ2) is 6.79. The van der Waals surface area contributed by atoms with Gasteiger partial charge in [-0.1, -0.05) is 30.3 Å². The molecule has 2 aliphatic heterocycles. The monoisotopic (exact) mass is 365 g/mol. The predicted molar refractivity (Wildman–Crippen MR) is 95.4 cm³/mol. The summed E-state index contributed by atoms with van der Waals surface area (Å²) in [7, 11) is 0. The number of amides is 4.